The third-order valence-electron chi connectivity index (χ3n) is 13.1. The first-order chi connectivity index (χ1) is 29.5. The molecular formula is C47H81N5O11. The lowest BCUT2D eigenvalue weighted by Crippen LogP contribution is -2.61. The normalized spacial score (nSPS) is 37.7. The van der Waals surface area contributed by atoms with Gasteiger partial charge in [0.2, 0.25) is 17.7 Å². The molecule has 0 radical (unpaired) electrons. The van der Waals surface area contributed by atoms with Gasteiger partial charge in [-0.05, 0) is 93.1 Å². The molecule has 3 amide bonds. The van der Waals surface area contributed by atoms with Crippen molar-refractivity contribution >= 4 is 17.7 Å². The Kier molecular flexibility index (Phi) is 19.8. The number of likely N-dealkylation sites (N-methyl/N-ethyl adjacent to an activating group) is 2. The van der Waals surface area contributed by atoms with Crippen LogP contribution >= 0.6 is 0 Å². The van der Waals surface area contributed by atoms with Crippen molar-refractivity contribution in [3.63, 3.8) is 0 Å². The van der Waals surface area contributed by atoms with Gasteiger partial charge in [0.05, 0.1) is 48.1 Å². The summed E-state index contributed by atoms with van der Waals surface area (Å²) in [5, 5.41) is 30.0. The highest BCUT2D eigenvalue weighted by molar-refractivity contribution is 5.81. The highest BCUT2D eigenvalue weighted by atomic mass is 16.7. The summed E-state index contributed by atoms with van der Waals surface area (Å²) in [5.41, 5.74) is -1.57. The summed E-state index contributed by atoms with van der Waals surface area (Å²) in [6.45, 7) is 14.4. The van der Waals surface area contributed by atoms with Gasteiger partial charge in [-0.15, -0.1) is 0 Å². The van der Waals surface area contributed by atoms with Crippen LogP contribution in [0.3, 0.4) is 0 Å². The second-order valence-electron chi connectivity index (χ2n) is 19.6. The van der Waals surface area contributed by atoms with Gasteiger partial charge in [0, 0.05) is 64.7 Å². The number of carbonyl (C=O) groups is 3. The fourth-order valence-electron chi connectivity index (χ4n) is 9.68. The largest absolute Gasteiger partial charge is 0.387 e. The van der Waals surface area contributed by atoms with Crippen molar-refractivity contribution < 1.29 is 53.0 Å². The Balaban J connectivity index is 1.76. The minimum atomic E-state index is -1.54. The van der Waals surface area contributed by atoms with Gasteiger partial charge in [-0.25, -0.2) is 0 Å². The lowest BCUT2D eigenvalue weighted by molar-refractivity contribution is -0.320. The van der Waals surface area contributed by atoms with Crippen molar-refractivity contribution in [2.75, 3.05) is 68.6 Å². The van der Waals surface area contributed by atoms with E-state index in [-0.39, 0.29) is 61.6 Å². The topological polar surface area (TPSA) is 181 Å². The fraction of sp³-hybridized carbons (Fsp3) is 0.809. The van der Waals surface area contributed by atoms with E-state index in [0.717, 1.165) is 5.56 Å². The van der Waals surface area contributed by atoms with E-state index in [2.05, 4.69) is 15.5 Å². The third-order valence-corrected chi connectivity index (χ3v) is 13.1. The maximum Gasteiger partial charge on any atom is 0.234 e. The molecule has 3 saturated heterocycles. The molecule has 3 aliphatic heterocycles. The first-order valence-electron chi connectivity index (χ1n) is 22.9. The molecule has 0 spiro atoms. The minimum absolute atomic E-state index is 0.0699. The van der Waals surface area contributed by atoms with Crippen LogP contribution in [0, 0.1) is 17.8 Å². The number of nitrogens with zero attached hydrogens (tertiary/aromatic N) is 3. The third kappa shape index (κ3) is 14.9. The van der Waals surface area contributed by atoms with E-state index in [4.69, 9.17) is 28.4 Å². The second-order valence-corrected chi connectivity index (χ2v) is 19.6. The van der Waals surface area contributed by atoms with Gasteiger partial charge in [-0.1, -0.05) is 51.1 Å². The molecule has 1 aromatic carbocycles. The van der Waals surface area contributed by atoms with Gasteiger partial charge >= 0.3 is 0 Å². The number of hydrogen-bond acceptors (Lipinski definition) is 13. The quantitative estimate of drug-likeness (QED) is 0.189. The van der Waals surface area contributed by atoms with Crippen LogP contribution < -0.4 is 10.6 Å². The predicted molar refractivity (Wildman–Crippen MR) is 240 cm³/mol. The maximum absolute atomic E-state index is 14.7. The highest BCUT2D eigenvalue weighted by Crippen LogP contribution is 2.40. The SMILES string of the molecule is CO[C@]1(C)C[C@H](O[C@H]2[C@H](C)[C@@H](O[C@@H]3O[C@H](C)C[C@H](N(C)C)[C@H]3OCCCNC(=O)CN(C)C)[C@](C)(O)C[C@@H](C)CN(C)C(=O)C[C@H](Cc3ccccc3)NC(=O)[C@@H]2C)O[C@@H](C)[C@@H]1O. The number of benzene rings is 1. The smallest absolute Gasteiger partial charge is 0.234 e. The van der Waals surface area contributed by atoms with Crippen LogP contribution in [0.25, 0.3) is 0 Å². The average Bonchev–Trinajstić information content (AvgIpc) is 3.20. The van der Waals surface area contributed by atoms with E-state index in [0.29, 0.717) is 39.0 Å². The van der Waals surface area contributed by atoms with Crippen molar-refractivity contribution in [1.29, 1.82) is 0 Å². The number of nitrogens with one attached hydrogen (secondary N) is 2. The first-order valence-corrected chi connectivity index (χ1v) is 22.9. The molecule has 4 rings (SSSR count). The Morgan fingerprint density at radius 3 is 2.32 bits per heavy atom. The Morgan fingerprint density at radius 2 is 1.68 bits per heavy atom. The monoisotopic (exact) mass is 892 g/mol. The van der Waals surface area contributed by atoms with Crippen LogP contribution in [-0.4, -0.2) is 184 Å². The molecule has 3 aliphatic rings. The summed E-state index contributed by atoms with van der Waals surface area (Å²) in [6, 6.07) is 9.13. The van der Waals surface area contributed by atoms with Gasteiger partial charge in [0.15, 0.2) is 12.6 Å². The van der Waals surface area contributed by atoms with Crippen molar-refractivity contribution in [3.05, 3.63) is 35.9 Å². The minimum Gasteiger partial charge on any atom is -0.387 e. The van der Waals surface area contributed by atoms with Gasteiger partial charge < -0.3 is 64.0 Å². The molecule has 0 unspecified atom stereocenters. The van der Waals surface area contributed by atoms with Crippen LogP contribution in [0.2, 0.25) is 0 Å². The van der Waals surface area contributed by atoms with Gasteiger partial charge in [-0.3, -0.25) is 14.4 Å². The number of aliphatic hydroxyl groups excluding tert-OH is 1. The molecule has 0 aliphatic carbocycles. The van der Waals surface area contributed by atoms with E-state index in [1.165, 1.54) is 7.11 Å². The Morgan fingerprint density at radius 1 is 1.00 bits per heavy atom. The zero-order chi connectivity index (χ0) is 46.8. The van der Waals surface area contributed by atoms with E-state index in [1.54, 1.807) is 39.6 Å². The molecule has 1 aromatic rings. The number of methoxy groups -OCH3 is 1. The van der Waals surface area contributed by atoms with Crippen LogP contribution in [0.15, 0.2) is 30.3 Å². The summed E-state index contributed by atoms with van der Waals surface area (Å²) < 4.78 is 39.4. The van der Waals surface area contributed by atoms with Crippen LogP contribution in [0.5, 0.6) is 0 Å². The number of carbonyl (C=O) groups excluding carboxylic acids is 3. The molecule has 3 fully saturated rings. The van der Waals surface area contributed by atoms with Crippen LogP contribution in [0.1, 0.15) is 86.1 Å². The Hall–Kier alpha value is -2.77. The van der Waals surface area contributed by atoms with E-state index in [9.17, 15) is 24.6 Å². The molecule has 0 saturated carbocycles. The molecule has 16 heteroatoms. The summed E-state index contributed by atoms with van der Waals surface area (Å²) in [7, 11) is 11.0. The first kappa shape index (κ1) is 52.9. The number of ether oxygens (including phenoxy) is 6. The summed E-state index contributed by atoms with van der Waals surface area (Å²) in [4.78, 5) is 46.4. The lowest BCUT2D eigenvalue weighted by Gasteiger charge is -2.49. The lowest BCUT2D eigenvalue weighted by atomic mass is 9.77. The molecule has 0 bridgehead atoms. The van der Waals surface area contributed by atoms with Gasteiger partial charge in [0.25, 0.3) is 0 Å². The Bertz CT molecular complexity index is 1590. The molecule has 360 valence electrons. The van der Waals surface area contributed by atoms with Crippen molar-refractivity contribution in [2.45, 2.75) is 159 Å². The van der Waals surface area contributed by atoms with Gasteiger partial charge in [-0.2, -0.15) is 0 Å². The van der Waals surface area contributed by atoms with Crippen LogP contribution in [0.4, 0.5) is 0 Å². The van der Waals surface area contributed by atoms with E-state index >= 15 is 0 Å². The number of hydrogen-bond donors (Lipinski definition) is 4. The van der Waals surface area contributed by atoms with Gasteiger partial charge in [0.1, 0.15) is 12.2 Å². The van der Waals surface area contributed by atoms with Crippen molar-refractivity contribution in [2.24, 2.45) is 17.8 Å². The average molecular weight is 892 g/mol. The maximum atomic E-state index is 14.7. The van der Waals surface area contributed by atoms with E-state index < -0.39 is 72.2 Å². The number of rotatable bonds is 15. The molecule has 16 nitrogen and oxygen atoms in total. The predicted octanol–water partition coefficient (Wildman–Crippen LogP) is 2.81. The Labute approximate surface area is 377 Å². The summed E-state index contributed by atoms with van der Waals surface area (Å²) in [5.74, 6) is -2.22. The second kappa shape index (κ2) is 23.6. The molecule has 63 heavy (non-hydrogen) atoms. The highest BCUT2D eigenvalue weighted by Gasteiger charge is 2.51. The van der Waals surface area contributed by atoms with Crippen molar-refractivity contribution in [1.82, 2.24) is 25.3 Å². The van der Waals surface area contributed by atoms with E-state index in [1.807, 2.05) is 84.2 Å². The molecule has 4 N–H and O–H groups in total. The number of aliphatic hydroxyl groups is 2. The standard InChI is InChI=1S/C47H81N5O11/c1-29-25-46(6,57)43(63-45-41(36(51(10)11)22-30(2)60-45)59-21-17-20-48-37(53)28-50(8)9)31(3)40(62-39-26-47(7,58-13)42(55)33(5)61-39)32(4)44(56)49-35(24-38(54)52(12)27-29)23-34-18-15-14-16-19-34/h14-16,18-19,29-33,35-36,39-43,45,55,57H,17,20-28H2,1-13H3,(H,48,53)(H,49,56)/t29-,30-,31+,32-,33+,35+,36+,39+,40+,41-,42+,43-,45+,46-,47-/m1/s1. The summed E-state index contributed by atoms with van der Waals surface area (Å²) in [6.07, 6.45) is -3.99. The van der Waals surface area contributed by atoms with Crippen LogP contribution in [-0.2, 0) is 49.2 Å². The molecular weight excluding hydrogens is 811 g/mol. The molecule has 0 aromatic heterocycles. The summed E-state index contributed by atoms with van der Waals surface area (Å²) >= 11 is 0. The molecule has 3 heterocycles. The number of amides is 3. The molecule has 15 atom stereocenters. The zero-order valence-corrected chi connectivity index (χ0v) is 40.4. The van der Waals surface area contributed by atoms with Crippen molar-refractivity contribution in [3.8, 4) is 0 Å². The zero-order valence-electron chi connectivity index (χ0n) is 40.4. The fourth-order valence-corrected chi connectivity index (χ4v) is 9.68.